The molecular weight excluding hydrogens is 323 g/mol. The maximum absolute atomic E-state index is 12.5. The molecule has 5 nitrogen and oxygen atoms in total. The first-order valence-electron chi connectivity index (χ1n) is 8.73. The number of alkyl halides is 3. The third-order valence-electron chi connectivity index (χ3n) is 5.30. The third kappa shape index (κ3) is 3.84. The van der Waals surface area contributed by atoms with Gasteiger partial charge in [-0.1, -0.05) is 0 Å². The number of likely N-dealkylation sites (tertiary alicyclic amines) is 3. The van der Waals surface area contributed by atoms with Gasteiger partial charge in [0.15, 0.2) is 0 Å². The van der Waals surface area contributed by atoms with Crippen molar-refractivity contribution in [1.29, 1.82) is 0 Å². The Labute approximate surface area is 139 Å². The number of carbonyl (C=O) groups is 2. The molecule has 0 aromatic rings. The Bertz CT molecular complexity index is 491. The zero-order valence-corrected chi connectivity index (χ0v) is 13.7. The summed E-state index contributed by atoms with van der Waals surface area (Å²) in [4.78, 5) is 29.6. The first-order valence-corrected chi connectivity index (χ1v) is 8.73. The standard InChI is InChI=1S/C16H24F3N3O2/c17-16(18,19)11-22-9-5-13(15(22)24)21-8-3-4-12(10-21)14(23)20-6-1-2-7-20/h12-13H,1-11H2/t12-,13-/m0/s1. The van der Waals surface area contributed by atoms with Crippen LogP contribution in [0.15, 0.2) is 0 Å². The lowest BCUT2D eigenvalue weighted by molar-refractivity contribution is -0.159. The van der Waals surface area contributed by atoms with Crippen molar-refractivity contribution in [2.45, 2.75) is 44.3 Å². The van der Waals surface area contributed by atoms with Gasteiger partial charge in [0.1, 0.15) is 6.54 Å². The predicted molar refractivity (Wildman–Crippen MR) is 81.2 cm³/mol. The summed E-state index contributed by atoms with van der Waals surface area (Å²) in [6, 6.07) is -0.499. The molecule has 0 bridgehead atoms. The minimum absolute atomic E-state index is 0.124. The van der Waals surface area contributed by atoms with Crippen LogP contribution < -0.4 is 0 Å². The molecule has 0 aromatic carbocycles. The molecule has 0 saturated carbocycles. The summed E-state index contributed by atoms with van der Waals surface area (Å²) in [6.45, 7) is 1.75. The summed E-state index contributed by atoms with van der Waals surface area (Å²) >= 11 is 0. The first kappa shape index (κ1) is 17.5. The zero-order chi connectivity index (χ0) is 17.3. The monoisotopic (exact) mass is 347 g/mol. The van der Waals surface area contributed by atoms with Gasteiger partial charge in [-0.15, -0.1) is 0 Å². The molecule has 2 atom stereocenters. The van der Waals surface area contributed by atoms with Crippen LogP contribution in [0.5, 0.6) is 0 Å². The van der Waals surface area contributed by atoms with Gasteiger partial charge in [-0.05, 0) is 38.6 Å². The van der Waals surface area contributed by atoms with Gasteiger partial charge in [0, 0.05) is 26.2 Å². The lowest BCUT2D eigenvalue weighted by atomic mass is 9.95. The minimum atomic E-state index is -4.36. The summed E-state index contributed by atoms with van der Waals surface area (Å²) in [7, 11) is 0. The second kappa shape index (κ2) is 6.90. The lowest BCUT2D eigenvalue weighted by Crippen LogP contribution is -2.50. The molecule has 3 heterocycles. The van der Waals surface area contributed by atoms with E-state index in [2.05, 4.69) is 0 Å². The van der Waals surface area contributed by atoms with E-state index in [0.29, 0.717) is 19.5 Å². The fourth-order valence-electron chi connectivity index (χ4n) is 4.12. The average Bonchev–Trinajstić information content (AvgIpc) is 3.17. The maximum Gasteiger partial charge on any atom is 0.406 e. The van der Waals surface area contributed by atoms with Crippen LogP contribution in [0, 0.1) is 5.92 Å². The molecule has 3 aliphatic rings. The maximum atomic E-state index is 12.5. The summed E-state index contributed by atoms with van der Waals surface area (Å²) in [5, 5.41) is 0. The number of carbonyl (C=O) groups excluding carboxylic acids is 2. The SMILES string of the molecule is O=C([C@H]1CCCN([C@H]2CCN(CC(F)(F)F)C2=O)C1)N1CCCC1. The van der Waals surface area contributed by atoms with Gasteiger partial charge in [-0.3, -0.25) is 14.5 Å². The molecule has 0 spiro atoms. The van der Waals surface area contributed by atoms with E-state index in [1.807, 2.05) is 9.80 Å². The number of piperidine rings is 1. The van der Waals surface area contributed by atoms with Crippen LogP contribution in [0.3, 0.4) is 0 Å². The Hall–Kier alpha value is -1.31. The van der Waals surface area contributed by atoms with E-state index in [0.717, 1.165) is 43.7 Å². The number of nitrogens with zero attached hydrogens (tertiary/aromatic N) is 3. The van der Waals surface area contributed by atoms with Crippen molar-refractivity contribution in [1.82, 2.24) is 14.7 Å². The molecule has 0 unspecified atom stereocenters. The highest BCUT2D eigenvalue weighted by Crippen LogP contribution is 2.28. The van der Waals surface area contributed by atoms with Crippen LogP contribution in [-0.2, 0) is 9.59 Å². The predicted octanol–water partition coefficient (Wildman–Crippen LogP) is 1.48. The van der Waals surface area contributed by atoms with E-state index in [1.165, 1.54) is 0 Å². The molecule has 24 heavy (non-hydrogen) atoms. The van der Waals surface area contributed by atoms with Crippen LogP contribution in [0.4, 0.5) is 13.2 Å². The highest BCUT2D eigenvalue weighted by atomic mass is 19.4. The second-order valence-electron chi connectivity index (χ2n) is 7.05. The van der Waals surface area contributed by atoms with Crippen molar-refractivity contribution >= 4 is 11.8 Å². The van der Waals surface area contributed by atoms with E-state index >= 15 is 0 Å². The van der Waals surface area contributed by atoms with Gasteiger partial charge < -0.3 is 9.80 Å². The molecule has 0 aromatic heterocycles. The van der Waals surface area contributed by atoms with Gasteiger partial charge in [0.05, 0.1) is 12.0 Å². The number of hydrogen-bond donors (Lipinski definition) is 0. The smallest absolute Gasteiger partial charge is 0.342 e. The fraction of sp³-hybridized carbons (Fsp3) is 0.875. The first-order chi connectivity index (χ1) is 11.3. The molecule has 3 rings (SSSR count). The number of amides is 2. The van der Waals surface area contributed by atoms with Crippen molar-refractivity contribution in [2.75, 3.05) is 39.3 Å². The van der Waals surface area contributed by atoms with E-state index in [4.69, 9.17) is 0 Å². The van der Waals surface area contributed by atoms with E-state index in [-0.39, 0.29) is 18.4 Å². The number of rotatable bonds is 3. The van der Waals surface area contributed by atoms with Gasteiger partial charge >= 0.3 is 6.18 Å². The molecule has 3 aliphatic heterocycles. The average molecular weight is 347 g/mol. The quantitative estimate of drug-likeness (QED) is 0.777. The van der Waals surface area contributed by atoms with Crippen molar-refractivity contribution in [3.63, 3.8) is 0 Å². The van der Waals surface area contributed by atoms with Crippen LogP contribution in [0.2, 0.25) is 0 Å². The molecule has 2 amide bonds. The van der Waals surface area contributed by atoms with Gasteiger partial charge in [-0.25, -0.2) is 0 Å². The Morgan fingerprint density at radius 3 is 2.42 bits per heavy atom. The van der Waals surface area contributed by atoms with Crippen molar-refractivity contribution in [3.05, 3.63) is 0 Å². The third-order valence-corrected chi connectivity index (χ3v) is 5.30. The summed E-state index contributed by atoms with van der Waals surface area (Å²) < 4.78 is 37.6. The zero-order valence-electron chi connectivity index (χ0n) is 13.7. The van der Waals surface area contributed by atoms with Gasteiger partial charge in [-0.2, -0.15) is 13.2 Å². The van der Waals surface area contributed by atoms with Gasteiger partial charge in [0.25, 0.3) is 0 Å². The molecule has 0 N–H and O–H groups in total. The van der Waals surface area contributed by atoms with Crippen LogP contribution in [0.1, 0.15) is 32.1 Å². The van der Waals surface area contributed by atoms with E-state index < -0.39 is 24.7 Å². The van der Waals surface area contributed by atoms with Gasteiger partial charge in [0.2, 0.25) is 11.8 Å². The lowest BCUT2D eigenvalue weighted by Gasteiger charge is -2.36. The second-order valence-corrected chi connectivity index (χ2v) is 7.05. The summed E-state index contributed by atoms with van der Waals surface area (Å²) in [5.74, 6) is -0.419. The highest BCUT2D eigenvalue weighted by Gasteiger charge is 2.43. The molecule has 0 radical (unpaired) electrons. The largest absolute Gasteiger partial charge is 0.406 e. The molecule has 136 valence electrons. The van der Waals surface area contributed by atoms with Crippen LogP contribution >= 0.6 is 0 Å². The van der Waals surface area contributed by atoms with E-state index in [1.54, 1.807) is 0 Å². The normalized spacial score (nSPS) is 29.5. The van der Waals surface area contributed by atoms with Crippen molar-refractivity contribution in [2.24, 2.45) is 5.92 Å². The number of halogens is 3. The number of hydrogen-bond acceptors (Lipinski definition) is 3. The summed E-state index contributed by atoms with van der Waals surface area (Å²) in [6.07, 6.45) is -0.252. The molecular formula is C16H24F3N3O2. The minimum Gasteiger partial charge on any atom is -0.342 e. The molecule has 3 fully saturated rings. The molecule has 0 aliphatic carbocycles. The molecule has 8 heteroatoms. The highest BCUT2D eigenvalue weighted by molar-refractivity contribution is 5.84. The molecule has 3 saturated heterocycles. The van der Waals surface area contributed by atoms with Crippen LogP contribution in [-0.4, -0.2) is 78.0 Å². The van der Waals surface area contributed by atoms with Crippen molar-refractivity contribution in [3.8, 4) is 0 Å². The Morgan fingerprint density at radius 1 is 1.04 bits per heavy atom. The Balaban J connectivity index is 1.58. The van der Waals surface area contributed by atoms with Crippen molar-refractivity contribution < 1.29 is 22.8 Å². The summed E-state index contributed by atoms with van der Waals surface area (Å²) in [5.41, 5.74) is 0. The van der Waals surface area contributed by atoms with Crippen LogP contribution in [0.25, 0.3) is 0 Å². The Kier molecular flexibility index (Phi) is 5.03. The Morgan fingerprint density at radius 2 is 1.75 bits per heavy atom. The topological polar surface area (TPSA) is 43.9 Å². The fourth-order valence-corrected chi connectivity index (χ4v) is 4.12. The van der Waals surface area contributed by atoms with E-state index in [9.17, 15) is 22.8 Å².